The summed E-state index contributed by atoms with van der Waals surface area (Å²) in [5, 5.41) is 3.26. The minimum Gasteiger partial charge on any atom is -0.479 e. The van der Waals surface area contributed by atoms with Gasteiger partial charge in [0, 0.05) is 19.6 Å². The molecule has 2 rings (SSSR count). The van der Waals surface area contributed by atoms with Crippen molar-refractivity contribution < 1.29 is 14.2 Å². The lowest BCUT2D eigenvalue weighted by molar-refractivity contribution is 0.0378. The Balaban J connectivity index is 1.87. The van der Waals surface area contributed by atoms with E-state index in [1.165, 1.54) is 0 Å². The standard InChI is InChI=1S/C13H23N5O3/c1-19-11-10(12(20-2)17-13(14)16-11)15-4-3-5-18-6-8-21-9-7-18/h15H,3-9H2,1-2H3,(H2,14,16,17). The second-order valence-corrected chi connectivity index (χ2v) is 4.71. The highest BCUT2D eigenvalue weighted by Crippen LogP contribution is 2.31. The first kappa shape index (κ1) is 15.6. The lowest BCUT2D eigenvalue weighted by Crippen LogP contribution is -2.37. The van der Waals surface area contributed by atoms with Gasteiger partial charge in [0.15, 0.2) is 5.69 Å². The number of nitrogens with zero attached hydrogens (tertiary/aromatic N) is 3. The molecule has 0 radical (unpaired) electrons. The van der Waals surface area contributed by atoms with Gasteiger partial charge >= 0.3 is 0 Å². The molecule has 3 N–H and O–H groups in total. The first-order valence-electron chi connectivity index (χ1n) is 7.04. The maximum absolute atomic E-state index is 5.60. The second kappa shape index (κ2) is 7.84. The smallest absolute Gasteiger partial charge is 0.246 e. The summed E-state index contributed by atoms with van der Waals surface area (Å²) in [6.45, 7) is 5.44. The molecular weight excluding hydrogens is 274 g/mol. The Labute approximate surface area is 124 Å². The number of hydrogen-bond donors (Lipinski definition) is 2. The second-order valence-electron chi connectivity index (χ2n) is 4.71. The summed E-state index contributed by atoms with van der Waals surface area (Å²) >= 11 is 0. The molecule has 1 aliphatic rings. The number of anilines is 2. The predicted molar refractivity (Wildman–Crippen MR) is 79.9 cm³/mol. The van der Waals surface area contributed by atoms with Gasteiger partial charge in [-0.15, -0.1) is 0 Å². The maximum Gasteiger partial charge on any atom is 0.246 e. The molecule has 0 amide bonds. The van der Waals surface area contributed by atoms with Crippen molar-refractivity contribution in [3.63, 3.8) is 0 Å². The van der Waals surface area contributed by atoms with Crippen LogP contribution in [0.3, 0.4) is 0 Å². The van der Waals surface area contributed by atoms with Gasteiger partial charge in [0.1, 0.15) is 0 Å². The van der Waals surface area contributed by atoms with E-state index in [9.17, 15) is 0 Å². The van der Waals surface area contributed by atoms with Gasteiger partial charge in [-0.25, -0.2) is 0 Å². The van der Waals surface area contributed by atoms with Crippen molar-refractivity contribution in [2.75, 3.05) is 64.7 Å². The molecule has 1 fully saturated rings. The van der Waals surface area contributed by atoms with Crippen LogP contribution in [0.5, 0.6) is 11.8 Å². The molecular formula is C13H23N5O3. The van der Waals surface area contributed by atoms with Crippen LogP contribution in [0.25, 0.3) is 0 Å². The normalized spacial score (nSPS) is 15.7. The molecule has 8 heteroatoms. The van der Waals surface area contributed by atoms with Crippen molar-refractivity contribution in [2.45, 2.75) is 6.42 Å². The van der Waals surface area contributed by atoms with Crippen LogP contribution in [0.4, 0.5) is 11.6 Å². The van der Waals surface area contributed by atoms with Gasteiger partial charge in [0.05, 0.1) is 27.4 Å². The van der Waals surface area contributed by atoms with Crippen molar-refractivity contribution in [1.29, 1.82) is 0 Å². The number of rotatable bonds is 7. The third kappa shape index (κ3) is 4.33. The molecule has 1 aliphatic heterocycles. The Morgan fingerprint density at radius 2 is 1.81 bits per heavy atom. The van der Waals surface area contributed by atoms with Crippen molar-refractivity contribution >= 4 is 11.6 Å². The maximum atomic E-state index is 5.60. The third-order valence-corrected chi connectivity index (χ3v) is 3.30. The monoisotopic (exact) mass is 297 g/mol. The van der Waals surface area contributed by atoms with E-state index in [0.717, 1.165) is 45.8 Å². The van der Waals surface area contributed by atoms with Gasteiger partial charge in [-0.2, -0.15) is 9.97 Å². The molecule has 0 bridgehead atoms. The summed E-state index contributed by atoms with van der Waals surface area (Å²) in [7, 11) is 3.08. The summed E-state index contributed by atoms with van der Waals surface area (Å²) in [6, 6.07) is 0. The largest absolute Gasteiger partial charge is 0.479 e. The molecule has 0 unspecified atom stereocenters. The molecule has 21 heavy (non-hydrogen) atoms. The van der Waals surface area contributed by atoms with E-state index in [2.05, 4.69) is 20.2 Å². The van der Waals surface area contributed by atoms with Gasteiger partial charge in [0.25, 0.3) is 0 Å². The highest BCUT2D eigenvalue weighted by molar-refractivity contribution is 5.62. The van der Waals surface area contributed by atoms with Gasteiger partial charge in [-0.1, -0.05) is 0 Å². The van der Waals surface area contributed by atoms with Crippen LogP contribution in [0.1, 0.15) is 6.42 Å². The Bertz CT molecular complexity index is 426. The van der Waals surface area contributed by atoms with Gasteiger partial charge < -0.3 is 25.3 Å². The summed E-state index contributed by atoms with van der Waals surface area (Å²) in [5.74, 6) is 0.916. The third-order valence-electron chi connectivity index (χ3n) is 3.30. The SMILES string of the molecule is COc1nc(N)nc(OC)c1NCCCN1CCOCC1. The zero-order chi connectivity index (χ0) is 15.1. The van der Waals surface area contributed by atoms with E-state index in [1.54, 1.807) is 14.2 Å². The molecule has 118 valence electrons. The first-order chi connectivity index (χ1) is 10.2. The summed E-state index contributed by atoms with van der Waals surface area (Å²) < 4.78 is 15.8. The van der Waals surface area contributed by atoms with Gasteiger partial charge in [0.2, 0.25) is 17.7 Å². The van der Waals surface area contributed by atoms with Crippen LogP contribution in [0.15, 0.2) is 0 Å². The topological polar surface area (TPSA) is 94.8 Å². The molecule has 0 spiro atoms. The van der Waals surface area contributed by atoms with Crippen LogP contribution in [-0.2, 0) is 4.74 Å². The van der Waals surface area contributed by atoms with E-state index < -0.39 is 0 Å². The van der Waals surface area contributed by atoms with Crippen molar-refractivity contribution in [3.8, 4) is 11.8 Å². The van der Waals surface area contributed by atoms with Crippen molar-refractivity contribution in [2.24, 2.45) is 0 Å². The average molecular weight is 297 g/mol. The zero-order valence-corrected chi connectivity index (χ0v) is 12.6. The molecule has 1 saturated heterocycles. The number of methoxy groups -OCH3 is 2. The molecule has 2 heterocycles. The minimum absolute atomic E-state index is 0.127. The molecule has 0 aliphatic carbocycles. The van der Waals surface area contributed by atoms with Crippen LogP contribution in [-0.4, -0.2) is 68.5 Å². The number of ether oxygens (including phenoxy) is 3. The van der Waals surface area contributed by atoms with Crippen LogP contribution < -0.4 is 20.5 Å². The lowest BCUT2D eigenvalue weighted by Gasteiger charge is -2.26. The van der Waals surface area contributed by atoms with Crippen LogP contribution in [0, 0.1) is 0 Å². The number of hydrogen-bond acceptors (Lipinski definition) is 8. The highest BCUT2D eigenvalue weighted by atomic mass is 16.5. The molecule has 1 aromatic heterocycles. The number of morpholine rings is 1. The fraction of sp³-hybridized carbons (Fsp3) is 0.692. The Morgan fingerprint density at radius 1 is 1.19 bits per heavy atom. The Kier molecular flexibility index (Phi) is 5.82. The Morgan fingerprint density at radius 3 is 2.38 bits per heavy atom. The number of nitrogens with one attached hydrogen (secondary N) is 1. The van der Waals surface area contributed by atoms with E-state index >= 15 is 0 Å². The van der Waals surface area contributed by atoms with Crippen LogP contribution in [0.2, 0.25) is 0 Å². The fourth-order valence-electron chi connectivity index (χ4n) is 2.22. The van der Waals surface area contributed by atoms with E-state index in [4.69, 9.17) is 19.9 Å². The molecule has 0 atom stereocenters. The van der Waals surface area contributed by atoms with E-state index in [1.807, 2.05) is 0 Å². The number of nitrogen functional groups attached to an aromatic ring is 1. The first-order valence-corrected chi connectivity index (χ1v) is 7.04. The summed E-state index contributed by atoms with van der Waals surface area (Å²) in [4.78, 5) is 10.5. The predicted octanol–water partition coefficient (Wildman–Crippen LogP) is 0.210. The van der Waals surface area contributed by atoms with Crippen molar-refractivity contribution in [1.82, 2.24) is 14.9 Å². The number of nitrogens with two attached hydrogens (primary N) is 1. The quantitative estimate of drug-likeness (QED) is 0.690. The fourth-order valence-corrected chi connectivity index (χ4v) is 2.22. The van der Waals surface area contributed by atoms with Crippen molar-refractivity contribution in [3.05, 3.63) is 0 Å². The zero-order valence-electron chi connectivity index (χ0n) is 12.6. The number of aromatic nitrogens is 2. The Hall–Kier alpha value is -1.80. The summed E-state index contributed by atoms with van der Waals surface area (Å²) in [5.41, 5.74) is 6.24. The summed E-state index contributed by atoms with van der Waals surface area (Å²) in [6.07, 6.45) is 0.997. The van der Waals surface area contributed by atoms with E-state index in [0.29, 0.717) is 17.4 Å². The molecule has 1 aromatic rings. The molecule has 0 saturated carbocycles. The van der Waals surface area contributed by atoms with E-state index in [-0.39, 0.29) is 5.95 Å². The molecule has 0 aromatic carbocycles. The minimum atomic E-state index is 0.127. The molecule has 8 nitrogen and oxygen atoms in total. The highest BCUT2D eigenvalue weighted by Gasteiger charge is 2.15. The lowest BCUT2D eigenvalue weighted by atomic mass is 10.3. The van der Waals surface area contributed by atoms with Gasteiger partial charge in [-0.3, -0.25) is 4.90 Å². The van der Waals surface area contributed by atoms with Gasteiger partial charge in [-0.05, 0) is 13.0 Å². The average Bonchev–Trinajstić information content (AvgIpc) is 2.52. The van der Waals surface area contributed by atoms with Crippen LogP contribution >= 0.6 is 0 Å².